The van der Waals surface area contributed by atoms with Gasteiger partial charge >= 0.3 is 6.09 Å². The highest BCUT2D eigenvalue weighted by atomic mass is 16.5. The highest BCUT2D eigenvalue weighted by Gasteiger charge is 2.12. The molecule has 2 aromatic rings. The number of aryl methyl sites for hydroxylation is 1. The van der Waals surface area contributed by atoms with E-state index in [1.54, 1.807) is 7.11 Å². The van der Waals surface area contributed by atoms with Crippen LogP contribution in [-0.4, -0.2) is 37.0 Å². The molecule has 7 nitrogen and oxygen atoms in total. The number of carbonyl (C=O) groups excluding carboxylic acids is 1. The van der Waals surface area contributed by atoms with Gasteiger partial charge in [0.1, 0.15) is 5.75 Å². The Morgan fingerprint density at radius 2 is 2.14 bits per heavy atom. The standard InChI is InChI=1S/C14H17N3O4/c1-19-11-7-4-3-6-10(11)13-16-12(21-17-13)8-5-9-15-14(18)20-2/h3-4,6-7H,5,8-9H2,1-2H3,(H,15,18). The van der Waals surface area contributed by atoms with Crippen molar-refractivity contribution in [3.05, 3.63) is 30.2 Å². The molecule has 21 heavy (non-hydrogen) atoms. The van der Waals surface area contributed by atoms with Gasteiger partial charge in [-0.3, -0.25) is 0 Å². The van der Waals surface area contributed by atoms with E-state index < -0.39 is 6.09 Å². The molecule has 2 rings (SSSR count). The molecule has 1 aromatic carbocycles. The molecule has 0 saturated heterocycles. The highest BCUT2D eigenvalue weighted by molar-refractivity contribution is 5.66. The minimum Gasteiger partial charge on any atom is -0.496 e. The number of nitrogens with zero attached hydrogens (tertiary/aromatic N) is 2. The third kappa shape index (κ3) is 3.95. The summed E-state index contributed by atoms with van der Waals surface area (Å²) in [6, 6.07) is 7.47. The van der Waals surface area contributed by atoms with Gasteiger partial charge in [-0.05, 0) is 18.6 Å². The topological polar surface area (TPSA) is 86.5 Å². The van der Waals surface area contributed by atoms with Crippen LogP contribution in [0.25, 0.3) is 11.4 Å². The zero-order valence-electron chi connectivity index (χ0n) is 12.0. The number of alkyl carbamates (subject to hydrolysis) is 1. The molecule has 0 atom stereocenters. The molecule has 0 bridgehead atoms. The fourth-order valence-electron chi connectivity index (χ4n) is 1.80. The van der Waals surface area contributed by atoms with Gasteiger partial charge in [0, 0.05) is 13.0 Å². The van der Waals surface area contributed by atoms with Gasteiger partial charge in [0.05, 0.1) is 19.8 Å². The Balaban J connectivity index is 1.94. The molecule has 1 aromatic heterocycles. The van der Waals surface area contributed by atoms with Crippen molar-refractivity contribution < 1.29 is 18.8 Å². The lowest BCUT2D eigenvalue weighted by atomic mass is 10.2. The molecule has 0 radical (unpaired) electrons. The largest absolute Gasteiger partial charge is 0.496 e. The molecule has 0 aliphatic carbocycles. The highest BCUT2D eigenvalue weighted by Crippen LogP contribution is 2.27. The molecule has 0 spiro atoms. The molecule has 0 saturated carbocycles. The zero-order chi connectivity index (χ0) is 15.1. The van der Waals surface area contributed by atoms with Crippen LogP contribution in [0.3, 0.4) is 0 Å². The predicted molar refractivity (Wildman–Crippen MR) is 75.0 cm³/mol. The summed E-state index contributed by atoms with van der Waals surface area (Å²) < 4.78 is 14.9. The third-order valence-electron chi connectivity index (χ3n) is 2.84. The minimum absolute atomic E-state index is 0.449. The van der Waals surface area contributed by atoms with Gasteiger partial charge in [-0.2, -0.15) is 4.98 Å². The fourth-order valence-corrected chi connectivity index (χ4v) is 1.80. The van der Waals surface area contributed by atoms with Gasteiger partial charge < -0.3 is 19.3 Å². The number of amides is 1. The van der Waals surface area contributed by atoms with Crippen LogP contribution in [0.1, 0.15) is 12.3 Å². The van der Waals surface area contributed by atoms with Crippen molar-refractivity contribution in [3.63, 3.8) is 0 Å². The second-order valence-electron chi connectivity index (χ2n) is 4.23. The van der Waals surface area contributed by atoms with Crippen LogP contribution >= 0.6 is 0 Å². The van der Waals surface area contributed by atoms with Crippen LogP contribution in [0.4, 0.5) is 4.79 Å². The average Bonchev–Trinajstić information content (AvgIpc) is 3.00. The molecule has 1 amide bonds. The van der Waals surface area contributed by atoms with Crippen LogP contribution in [0.5, 0.6) is 5.75 Å². The first-order valence-electron chi connectivity index (χ1n) is 6.52. The third-order valence-corrected chi connectivity index (χ3v) is 2.84. The summed E-state index contributed by atoms with van der Waals surface area (Å²) in [6.45, 7) is 0.485. The Morgan fingerprint density at radius 1 is 1.33 bits per heavy atom. The zero-order valence-corrected chi connectivity index (χ0v) is 12.0. The first-order chi connectivity index (χ1) is 10.2. The van der Waals surface area contributed by atoms with Gasteiger partial charge in [0.25, 0.3) is 0 Å². The van der Waals surface area contributed by atoms with E-state index in [0.717, 1.165) is 5.56 Å². The van der Waals surface area contributed by atoms with E-state index in [4.69, 9.17) is 9.26 Å². The van der Waals surface area contributed by atoms with Crippen LogP contribution in [0.2, 0.25) is 0 Å². The summed E-state index contributed by atoms with van der Waals surface area (Å²) >= 11 is 0. The second kappa shape index (κ2) is 7.28. The van der Waals surface area contributed by atoms with Gasteiger partial charge in [-0.1, -0.05) is 17.3 Å². The van der Waals surface area contributed by atoms with Crippen molar-refractivity contribution in [3.8, 4) is 17.1 Å². The lowest BCUT2D eigenvalue weighted by Crippen LogP contribution is -2.24. The van der Waals surface area contributed by atoms with Crippen molar-refractivity contribution in [1.82, 2.24) is 15.5 Å². The lowest BCUT2D eigenvalue weighted by Gasteiger charge is -2.03. The Morgan fingerprint density at radius 3 is 2.90 bits per heavy atom. The first-order valence-corrected chi connectivity index (χ1v) is 6.52. The van der Waals surface area contributed by atoms with E-state index >= 15 is 0 Å². The van der Waals surface area contributed by atoms with Gasteiger partial charge in [0.2, 0.25) is 11.7 Å². The molecule has 0 fully saturated rings. The number of hydrogen-bond donors (Lipinski definition) is 1. The van der Waals surface area contributed by atoms with Crippen LogP contribution < -0.4 is 10.1 Å². The summed E-state index contributed by atoms with van der Waals surface area (Å²) in [7, 11) is 2.92. The number of methoxy groups -OCH3 is 2. The van der Waals surface area contributed by atoms with Crippen molar-refractivity contribution in [1.29, 1.82) is 0 Å². The molecule has 1 heterocycles. The lowest BCUT2D eigenvalue weighted by molar-refractivity contribution is 0.171. The monoisotopic (exact) mass is 291 g/mol. The Kier molecular flexibility index (Phi) is 5.14. The number of rotatable bonds is 6. The molecule has 1 N–H and O–H groups in total. The Bertz CT molecular complexity index is 597. The minimum atomic E-state index is -0.449. The fraction of sp³-hybridized carbons (Fsp3) is 0.357. The van der Waals surface area contributed by atoms with Crippen LogP contribution in [0, 0.1) is 0 Å². The van der Waals surface area contributed by atoms with E-state index in [2.05, 4.69) is 20.2 Å². The van der Waals surface area contributed by atoms with E-state index in [-0.39, 0.29) is 0 Å². The Labute approximate surface area is 122 Å². The summed E-state index contributed by atoms with van der Waals surface area (Å²) in [4.78, 5) is 15.2. The first kappa shape index (κ1) is 14.8. The maximum absolute atomic E-state index is 10.9. The number of aromatic nitrogens is 2. The molecular formula is C14H17N3O4. The number of hydrogen-bond acceptors (Lipinski definition) is 6. The van der Waals surface area contributed by atoms with E-state index in [1.165, 1.54) is 7.11 Å². The van der Waals surface area contributed by atoms with Crippen molar-refractivity contribution in [2.75, 3.05) is 20.8 Å². The van der Waals surface area contributed by atoms with Crippen molar-refractivity contribution >= 4 is 6.09 Å². The molecule has 7 heteroatoms. The maximum Gasteiger partial charge on any atom is 0.406 e. The van der Waals surface area contributed by atoms with Gasteiger partial charge in [0.15, 0.2) is 0 Å². The molecule has 0 unspecified atom stereocenters. The van der Waals surface area contributed by atoms with Gasteiger partial charge in [-0.15, -0.1) is 0 Å². The van der Waals surface area contributed by atoms with Gasteiger partial charge in [-0.25, -0.2) is 4.79 Å². The summed E-state index contributed by atoms with van der Waals surface area (Å²) in [5.41, 5.74) is 0.780. The summed E-state index contributed by atoms with van der Waals surface area (Å²) in [5, 5.41) is 6.54. The number of carbonyl (C=O) groups is 1. The molecular weight excluding hydrogens is 274 g/mol. The number of nitrogens with one attached hydrogen (secondary N) is 1. The van der Waals surface area contributed by atoms with E-state index in [9.17, 15) is 4.79 Å². The summed E-state index contributed by atoms with van der Waals surface area (Å²) in [5.74, 6) is 1.70. The average molecular weight is 291 g/mol. The quantitative estimate of drug-likeness (QED) is 0.819. The molecule has 0 aliphatic heterocycles. The summed E-state index contributed by atoms with van der Waals surface area (Å²) in [6.07, 6.45) is 0.810. The smallest absolute Gasteiger partial charge is 0.406 e. The van der Waals surface area contributed by atoms with E-state index in [0.29, 0.717) is 36.9 Å². The molecule has 0 aliphatic rings. The number of para-hydroxylation sites is 1. The van der Waals surface area contributed by atoms with E-state index in [1.807, 2.05) is 24.3 Å². The molecule has 112 valence electrons. The van der Waals surface area contributed by atoms with Crippen LogP contribution in [-0.2, 0) is 11.2 Å². The Hall–Kier alpha value is -2.57. The normalized spacial score (nSPS) is 10.2. The maximum atomic E-state index is 10.9. The second-order valence-corrected chi connectivity index (χ2v) is 4.23. The SMILES string of the molecule is COC(=O)NCCCc1nc(-c2ccccc2OC)no1. The van der Waals surface area contributed by atoms with Crippen molar-refractivity contribution in [2.45, 2.75) is 12.8 Å². The predicted octanol–water partition coefficient (Wildman–Crippen LogP) is 2.03. The number of benzene rings is 1. The van der Waals surface area contributed by atoms with Crippen molar-refractivity contribution in [2.24, 2.45) is 0 Å². The van der Waals surface area contributed by atoms with Crippen LogP contribution in [0.15, 0.2) is 28.8 Å². The number of ether oxygens (including phenoxy) is 2.